The van der Waals surface area contributed by atoms with E-state index >= 15 is 0 Å². The van der Waals surface area contributed by atoms with Gasteiger partial charge in [0.05, 0.1) is 24.0 Å². The van der Waals surface area contributed by atoms with Gasteiger partial charge in [-0.05, 0) is 29.8 Å². The van der Waals surface area contributed by atoms with Gasteiger partial charge in [0.25, 0.3) is 5.56 Å². The number of rotatable bonds is 5. The van der Waals surface area contributed by atoms with Gasteiger partial charge in [-0.2, -0.15) is 0 Å². The van der Waals surface area contributed by atoms with Crippen LogP contribution in [0, 0.1) is 5.82 Å². The number of carbonyl (C=O) groups excluding carboxylic acids is 1. The van der Waals surface area contributed by atoms with Gasteiger partial charge in [-0.25, -0.2) is 4.39 Å². The monoisotopic (exact) mass is 468 g/mol. The van der Waals surface area contributed by atoms with Crippen LogP contribution in [0.25, 0.3) is 16.7 Å². The van der Waals surface area contributed by atoms with Crippen LogP contribution in [0.4, 0.5) is 4.39 Å². The molecule has 4 aromatic rings. The Morgan fingerprint density at radius 2 is 1.70 bits per heavy atom. The van der Waals surface area contributed by atoms with Crippen LogP contribution in [0.15, 0.2) is 53.3 Å². The number of halogens is 2. The summed E-state index contributed by atoms with van der Waals surface area (Å²) >= 11 is 5.68. The third-order valence-corrected chi connectivity index (χ3v) is 6.26. The first kappa shape index (κ1) is 21.5. The quantitative estimate of drug-likeness (QED) is 0.419. The van der Waals surface area contributed by atoms with Crippen LogP contribution in [-0.2, 0) is 17.9 Å². The van der Waals surface area contributed by atoms with Crippen molar-refractivity contribution in [2.45, 2.75) is 13.1 Å². The molecule has 2 aromatic carbocycles. The van der Waals surface area contributed by atoms with Gasteiger partial charge in [-0.15, -0.1) is 21.8 Å². The topological polar surface area (TPSA) is 75.7 Å². The third-order valence-electron chi connectivity index (χ3n) is 6.03. The van der Waals surface area contributed by atoms with Crippen molar-refractivity contribution in [3.8, 4) is 0 Å². The summed E-state index contributed by atoms with van der Waals surface area (Å²) in [6.45, 7) is 3.40. The summed E-state index contributed by atoms with van der Waals surface area (Å²) in [6.07, 6.45) is 0. The molecule has 1 saturated heterocycles. The van der Waals surface area contributed by atoms with Crippen molar-refractivity contribution in [1.29, 1.82) is 0 Å². The summed E-state index contributed by atoms with van der Waals surface area (Å²) in [7, 11) is 0. The fraction of sp³-hybridized carbons (Fsp3) is 0.304. The lowest BCUT2D eigenvalue weighted by molar-refractivity contribution is -0.130. The maximum absolute atomic E-state index is 13.4. The van der Waals surface area contributed by atoms with Crippen molar-refractivity contribution in [3.05, 3.63) is 76.1 Å². The molecular weight excluding hydrogens is 447 g/mol. The average Bonchev–Trinajstić information content (AvgIpc) is 3.26. The molecule has 0 spiro atoms. The van der Waals surface area contributed by atoms with Gasteiger partial charge in [-0.3, -0.25) is 23.5 Å². The molecule has 0 radical (unpaired) electrons. The first-order chi connectivity index (χ1) is 16.0. The number of amides is 1. The largest absolute Gasteiger partial charge is 0.339 e. The fourth-order valence-corrected chi connectivity index (χ4v) is 4.44. The van der Waals surface area contributed by atoms with Crippen molar-refractivity contribution < 1.29 is 9.18 Å². The molecule has 0 bridgehead atoms. The van der Waals surface area contributed by atoms with E-state index in [-0.39, 0.29) is 29.7 Å². The van der Waals surface area contributed by atoms with Gasteiger partial charge in [0.15, 0.2) is 5.82 Å². The highest BCUT2D eigenvalue weighted by atomic mass is 35.5. The summed E-state index contributed by atoms with van der Waals surface area (Å²) in [5, 5.41) is 9.34. The van der Waals surface area contributed by atoms with Crippen LogP contribution in [0.2, 0.25) is 0 Å². The second-order valence-corrected chi connectivity index (χ2v) is 8.34. The normalized spacial score (nSPS) is 14.9. The van der Waals surface area contributed by atoms with Gasteiger partial charge >= 0.3 is 0 Å². The summed E-state index contributed by atoms with van der Waals surface area (Å²) in [5.41, 5.74) is 1.36. The van der Waals surface area contributed by atoms with Crippen molar-refractivity contribution in [2.75, 3.05) is 32.1 Å². The van der Waals surface area contributed by atoms with E-state index < -0.39 is 0 Å². The van der Waals surface area contributed by atoms with Crippen molar-refractivity contribution in [1.82, 2.24) is 29.0 Å². The number of hydrogen-bond donors (Lipinski definition) is 0. The number of hydrogen-bond acceptors (Lipinski definition) is 5. The Kier molecular flexibility index (Phi) is 5.82. The Bertz CT molecular complexity index is 1380. The van der Waals surface area contributed by atoms with E-state index in [1.54, 1.807) is 27.7 Å². The van der Waals surface area contributed by atoms with Gasteiger partial charge in [0, 0.05) is 26.2 Å². The van der Waals surface area contributed by atoms with E-state index in [4.69, 9.17) is 11.6 Å². The zero-order valence-electron chi connectivity index (χ0n) is 17.8. The molecule has 170 valence electrons. The van der Waals surface area contributed by atoms with Crippen LogP contribution in [-0.4, -0.2) is 66.9 Å². The van der Waals surface area contributed by atoms with Gasteiger partial charge < -0.3 is 4.90 Å². The molecule has 2 aromatic heterocycles. The Morgan fingerprint density at radius 1 is 0.970 bits per heavy atom. The smallest absolute Gasteiger partial charge is 0.263 e. The van der Waals surface area contributed by atoms with Crippen LogP contribution < -0.4 is 5.56 Å². The molecule has 0 N–H and O–H groups in total. The predicted octanol–water partition coefficient (Wildman–Crippen LogP) is 2.11. The minimum absolute atomic E-state index is 0.00755. The van der Waals surface area contributed by atoms with E-state index in [0.29, 0.717) is 49.7 Å². The molecule has 1 fully saturated rings. The Labute approximate surface area is 193 Å². The van der Waals surface area contributed by atoms with E-state index in [1.165, 1.54) is 12.1 Å². The predicted molar refractivity (Wildman–Crippen MR) is 123 cm³/mol. The number of carbonyl (C=O) groups is 1. The Balaban J connectivity index is 1.52. The number of piperazine rings is 1. The molecule has 1 aliphatic rings. The minimum atomic E-state index is -0.327. The summed E-state index contributed by atoms with van der Waals surface area (Å²) in [5.74, 6) is 0.763. The lowest BCUT2D eigenvalue weighted by atomic mass is 10.2. The van der Waals surface area contributed by atoms with Crippen LogP contribution in [0.3, 0.4) is 0 Å². The highest BCUT2D eigenvalue weighted by Crippen LogP contribution is 2.17. The Hall–Kier alpha value is -3.30. The van der Waals surface area contributed by atoms with Gasteiger partial charge in [-0.1, -0.05) is 24.3 Å². The van der Waals surface area contributed by atoms with E-state index in [2.05, 4.69) is 15.1 Å². The molecule has 1 amide bonds. The number of benzene rings is 2. The van der Waals surface area contributed by atoms with E-state index in [1.807, 2.05) is 22.6 Å². The fourth-order valence-electron chi connectivity index (χ4n) is 4.27. The van der Waals surface area contributed by atoms with Crippen LogP contribution >= 0.6 is 11.6 Å². The first-order valence-corrected chi connectivity index (χ1v) is 11.2. The number of alkyl halides is 1. The first-order valence-electron chi connectivity index (χ1n) is 10.7. The zero-order valence-corrected chi connectivity index (χ0v) is 18.6. The number of nitrogens with zero attached hydrogens (tertiary/aromatic N) is 6. The molecular formula is C23H22ClFN6O2. The molecule has 5 rings (SSSR count). The van der Waals surface area contributed by atoms with Crippen molar-refractivity contribution in [2.24, 2.45) is 0 Å². The Morgan fingerprint density at radius 3 is 2.42 bits per heavy atom. The van der Waals surface area contributed by atoms with Crippen LogP contribution in [0.1, 0.15) is 11.4 Å². The second-order valence-electron chi connectivity index (χ2n) is 8.08. The number of aromatic nitrogens is 4. The molecule has 10 heteroatoms. The lowest BCUT2D eigenvalue weighted by Gasteiger charge is -2.34. The van der Waals surface area contributed by atoms with Crippen molar-refractivity contribution >= 4 is 34.2 Å². The standard InChI is InChI=1S/C23H22ClFN6O2/c24-13-21(32)29-11-9-28(10-12-29)15-20-26-27-23-30(14-16-5-7-17(25)8-6-16)22(33)18-3-1-2-4-19(18)31(20)23/h1-8H,9-15H2. The van der Waals surface area contributed by atoms with Gasteiger partial charge in [0.1, 0.15) is 11.7 Å². The summed E-state index contributed by atoms with van der Waals surface area (Å²) in [4.78, 5) is 29.1. The van der Waals surface area contributed by atoms with Gasteiger partial charge in [0.2, 0.25) is 11.7 Å². The zero-order chi connectivity index (χ0) is 22.9. The third kappa shape index (κ3) is 4.09. The number of para-hydroxylation sites is 1. The molecule has 8 nitrogen and oxygen atoms in total. The summed E-state index contributed by atoms with van der Waals surface area (Å²) < 4.78 is 16.8. The SMILES string of the molecule is O=C(CCl)N1CCN(Cc2nnc3n(Cc4ccc(F)cc4)c(=O)c4ccccc4n23)CC1. The molecule has 33 heavy (non-hydrogen) atoms. The van der Waals surface area contributed by atoms with E-state index in [9.17, 15) is 14.0 Å². The van der Waals surface area contributed by atoms with E-state index in [0.717, 1.165) is 11.1 Å². The molecule has 0 aliphatic carbocycles. The molecule has 0 saturated carbocycles. The number of fused-ring (bicyclic) bond motifs is 3. The molecule has 1 aliphatic heterocycles. The molecule has 3 heterocycles. The molecule has 0 atom stereocenters. The highest BCUT2D eigenvalue weighted by Gasteiger charge is 2.23. The second kappa shape index (κ2) is 8.92. The summed E-state index contributed by atoms with van der Waals surface area (Å²) in [6, 6.07) is 13.5. The average molecular weight is 469 g/mol. The van der Waals surface area contributed by atoms with Crippen LogP contribution in [0.5, 0.6) is 0 Å². The highest BCUT2D eigenvalue weighted by molar-refractivity contribution is 6.27. The minimum Gasteiger partial charge on any atom is -0.339 e. The maximum atomic E-state index is 13.4. The van der Waals surface area contributed by atoms with Crippen molar-refractivity contribution in [3.63, 3.8) is 0 Å². The lowest BCUT2D eigenvalue weighted by Crippen LogP contribution is -2.48. The maximum Gasteiger partial charge on any atom is 0.263 e. The molecule has 0 unspecified atom stereocenters.